The molecule has 0 unspecified atom stereocenters. The molecule has 0 aliphatic heterocycles. The highest BCUT2D eigenvalue weighted by molar-refractivity contribution is 7.89. The van der Waals surface area contributed by atoms with Crippen LogP contribution in [0.25, 0.3) is 10.9 Å². The Kier molecular flexibility index (Phi) is 10.2. The van der Waals surface area contributed by atoms with Crippen LogP contribution < -0.4 is 21.4 Å². The van der Waals surface area contributed by atoms with Gasteiger partial charge in [0.05, 0.1) is 21.5 Å². The van der Waals surface area contributed by atoms with Gasteiger partial charge in [-0.05, 0) is 67.9 Å². The van der Waals surface area contributed by atoms with Gasteiger partial charge in [-0.1, -0.05) is 42.8 Å². The van der Waals surface area contributed by atoms with Crippen LogP contribution in [0.4, 0.5) is 10.1 Å². The van der Waals surface area contributed by atoms with Gasteiger partial charge >= 0.3 is 0 Å². The van der Waals surface area contributed by atoms with Gasteiger partial charge in [-0.3, -0.25) is 10.2 Å². The lowest BCUT2D eigenvalue weighted by Crippen LogP contribution is -2.30. The summed E-state index contributed by atoms with van der Waals surface area (Å²) in [4.78, 5) is 17.3. The number of hydrogen-bond acceptors (Lipinski definition) is 6. The molecule has 8 nitrogen and oxygen atoms in total. The molecular formula is C26H29ClFN5O3S. The molecule has 1 aromatic heterocycles. The second-order valence-corrected chi connectivity index (χ2v) is 10.3. The standard InChI is InChI=1S/C17H16ClN3O.C9H13FN2O2S/c1-2-6-16-19-15-11-12(18)9-10-14(15)17(22)21(16)20-13-7-4-3-5-8-13;10-8-3-1-4-9(7-8)15(13,14)12-6-2-5-11/h3-5,7-11,20H,2,6H2,1H3;1,3-4,7,12H,2,5-6,11H2. The summed E-state index contributed by atoms with van der Waals surface area (Å²) in [6, 6.07) is 19.6. The third-order valence-electron chi connectivity index (χ3n) is 5.17. The number of aromatic nitrogens is 2. The molecule has 4 rings (SSSR count). The maximum Gasteiger partial charge on any atom is 0.280 e. The van der Waals surface area contributed by atoms with Crippen LogP contribution in [-0.2, 0) is 16.4 Å². The highest BCUT2D eigenvalue weighted by atomic mass is 35.5. The van der Waals surface area contributed by atoms with Crippen molar-refractivity contribution in [3.8, 4) is 0 Å². The van der Waals surface area contributed by atoms with E-state index in [-0.39, 0.29) is 17.0 Å². The fraction of sp³-hybridized carbons (Fsp3) is 0.231. The number of nitrogens with one attached hydrogen (secondary N) is 2. The fourth-order valence-electron chi connectivity index (χ4n) is 3.38. The molecule has 0 saturated carbocycles. The molecule has 11 heteroatoms. The molecule has 196 valence electrons. The van der Waals surface area contributed by atoms with Crippen LogP contribution in [0.15, 0.2) is 82.5 Å². The summed E-state index contributed by atoms with van der Waals surface area (Å²) in [5.74, 6) is 0.128. The second kappa shape index (κ2) is 13.3. The van der Waals surface area contributed by atoms with Gasteiger partial charge in [0.25, 0.3) is 5.56 Å². The van der Waals surface area contributed by atoms with Crippen molar-refractivity contribution in [2.24, 2.45) is 5.73 Å². The molecule has 0 fully saturated rings. The lowest BCUT2D eigenvalue weighted by atomic mass is 10.2. The number of halogens is 2. The summed E-state index contributed by atoms with van der Waals surface area (Å²) in [7, 11) is -3.60. The van der Waals surface area contributed by atoms with Gasteiger partial charge in [0, 0.05) is 18.0 Å². The second-order valence-electron chi connectivity index (χ2n) is 8.06. The van der Waals surface area contributed by atoms with Crippen LogP contribution in [0.2, 0.25) is 5.02 Å². The number of rotatable bonds is 9. The Bertz CT molecular complexity index is 1500. The number of fused-ring (bicyclic) bond motifs is 1. The van der Waals surface area contributed by atoms with E-state index in [4.69, 9.17) is 17.3 Å². The molecular weight excluding hydrogens is 517 g/mol. The molecule has 4 aromatic rings. The number of para-hydroxylation sites is 1. The van der Waals surface area contributed by atoms with Crippen molar-refractivity contribution in [3.63, 3.8) is 0 Å². The Morgan fingerprint density at radius 2 is 1.81 bits per heavy atom. The Labute approximate surface area is 220 Å². The zero-order valence-electron chi connectivity index (χ0n) is 20.3. The van der Waals surface area contributed by atoms with E-state index >= 15 is 0 Å². The van der Waals surface area contributed by atoms with E-state index in [0.717, 1.165) is 18.2 Å². The summed E-state index contributed by atoms with van der Waals surface area (Å²) in [5, 5.41) is 1.13. The SMILES string of the molecule is CCCc1nc2cc(Cl)ccc2c(=O)n1Nc1ccccc1.NCCCNS(=O)(=O)c1cccc(F)c1. The summed E-state index contributed by atoms with van der Waals surface area (Å²) in [6.45, 7) is 2.72. The predicted molar refractivity (Wildman–Crippen MR) is 146 cm³/mol. The van der Waals surface area contributed by atoms with Gasteiger partial charge in [0.2, 0.25) is 10.0 Å². The lowest BCUT2D eigenvalue weighted by Gasteiger charge is -2.15. The van der Waals surface area contributed by atoms with Crippen molar-refractivity contribution in [1.82, 2.24) is 14.4 Å². The summed E-state index contributed by atoms with van der Waals surface area (Å²) in [5.41, 5.74) is 9.73. The van der Waals surface area contributed by atoms with E-state index < -0.39 is 15.8 Å². The quantitative estimate of drug-likeness (QED) is 0.269. The van der Waals surface area contributed by atoms with Crippen LogP contribution in [0.5, 0.6) is 0 Å². The zero-order valence-corrected chi connectivity index (χ0v) is 21.9. The van der Waals surface area contributed by atoms with E-state index in [2.05, 4.69) is 22.1 Å². The third-order valence-corrected chi connectivity index (χ3v) is 6.86. The van der Waals surface area contributed by atoms with Crippen molar-refractivity contribution in [1.29, 1.82) is 0 Å². The minimum atomic E-state index is -3.60. The number of benzene rings is 3. The number of anilines is 1. The van der Waals surface area contributed by atoms with Gasteiger partial charge < -0.3 is 5.73 Å². The van der Waals surface area contributed by atoms with E-state index in [9.17, 15) is 17.6 Å². The number of nitrogens with two attached hydrogens (primary N) is 1. The molecule has 0 saturated heterocycles. The first-order chi connectivity index (χ1) is 17.7. The van der Waals surface area contributed by atoms with Crippen LogP contribution in [0, 0.1) is 5.82 Å². The van der Waals surface area contributed by atoms with Crippen molar-refractivity contribution in [3.05, 3.63) is 99.8 Å². The van der Waals surface area contributed by atoms with Crippen molar-refractivity contribution < 1.29 is 12.8 Å². The molecule has 0 bridgehead atoms. The number of nitrogens with zero attached hydrogens (tertiary/aromatic N) is 2. The fourth-order valence-corrected chi connectivity index (χ4v) is 4.65. The molecule has 0 amide bonds. The maximum absolute atomic E-state index is 12.8. The van der Waals surface area contributed by atoms with Crippen molar-refractivity contribution >= 4 is 38.2 Å². The van der Waals surface area contributed by atoms with Gasteiger partial charge in [0.1, 0.15) is 11.6 Å². The Morgan fingerprint density at radius 1 is 1.05 bits per heavy atom. The van der Waals surface area contributed by atoms with E-state index in [0.29, 0.717) is 41.1 Å². The average molecular weight is 546 g/mol. The maximum atomic E-state index is 12.8. The Morgan fingerprint density at radius 3 is 2.49 bits per heavy atom. The van der Waals surface area contributed by atoms with Crippen LogP contribution >= 0.6 is 11.6 Å². The predicted octanol–water partition coefficient (Wildman–Crippen LogP) is 4.33. The Hall–Kier alpha value is -3.31. The molecule has 0 radical (unpaired) electrons. The van der Waals surface area contributed by atoms with Gasteiger partial charge in [-0.2, -0.15) is 0 Å². The normalized spacial score (nSPS) is 11.1. The van der Waals surface area contributed by atoms with Crippen LogP contribution in [0.3, 0.4) is 0 Å². The summed E-state index contributed by atoms with van der Waals surface area (Å²) in [6.07, 6.45) is 2.15. The van der Waals surface area contributed by atoms with Crippen LogP contribution in [0.1, 0.15) is 25.6 Å². The van der Waals surface area contributed by atoms with E-state index in [1.54, 1.807) is 18.2 Å². The molecule has 0 spiro atoms. The first-order valence-corrected chi connectivity index (χ1v) is 13.6. The molecule has 0 aliphatic rings. The number of hydrogen-bond donors (Lipinski definition) is 3. The summed E-state index contributed by atoms with van der Waals surface area (Å²) >= 11 is 6.01. The highest BCUT2D eigenvalue weighted by Crippen LogP contribution is 2.16. The van der Waals surface area contributed by atoms with Gasteiger partial charge in [-0.15, -0.1) is 0 Å². The molecule has 1 heterocycles. The van der Waals surface area contributed by atoms with E-state index in [1.807, 2.05) is 30.3 Å². The highest BCUT2D eigenvalue weighted by Gasteiger charge is 2.13. The Balaban J connectivity index is 0.000000222. The minimum Gasteiger partial charge on any atom is -0.330 e. The van der Waals surface area contributed by atoms with E-state index in [1.165, 1.54) is 22.9 Å². The minimum absolute atomic E-state index is 0.0699. The van der Waals surface area contributed by atoms with Gasteiger partial charge in [-0.25, -0.2) is 27.2 Å². The number of aryl methyl sites for hydroxylation is 1. The third kappa shape index (κ3) is 7.83. The zero-order chi connectivity index (χ0) is 26.8. The molecule has 37 heavy (non-hydrogen) atoms. The monoisotopic (exact) mass is 545 g/mol. The first kappa shape index (κ1) is 28.3. The smallest absolute Gasteiger partial charge is 0.280 e. The lowest BCUT2D eigenvalue weighted by molar-refractivity contribution is 0.576. The first-order valence-electron chi connectivity index (χ1n) is 11.7. The molecule has 4 N–H and O–H groups in total. The molecule has 3 aromatic carbocycles. The summed E-state index contributed by atoms with van der Waals surface area (Å²) < 4.78 is 39.7. The topological polar surface area (TPSA) is 119 Å². The van der Waals surface area contributed by atoms with Gasteiger partial charge in [0.15, 0.2) is 0 Å². The number of sulfonamides is 1. The van der Waals surface area contributed by atoms with Crippen molar-refractivity contribution in [2.45, 2.75) is 31.1 Å². The largest absolute Gasteiger partial charge is 0.330 e. The van der Waals surface area contributed by atoms with Crippen molar-refractivity contribution in [2.75, 3.05) is 18.5 Å². The average Bonchev–Trinajstić information content (AvgIpc) is 2.87. The van der Waals surface area contributed by atoms with Crippen LogP contribution in [-0.4, -0.2) is 31.2 Å². The molecule has 0 atom stereocenters. The molecule has 0 aliphatic carbocycles.